The molecule has 1 aliphatic carbocycles. The summed E-state index contributed by atoms with van der Waals surface area (Å²) in [4.78, 5) is 15.1. The Labute approximate surface area is 186 Å². The fraction of sp³-hybridized carbons (Fsp3) is 0.435. The molecule has 0 unspecified atom stereocenters. The maximum Gasteiger partial charge on any atom is 0.416 e. The van der Waals surface area contributed by atoms with Crippen LogP contribution in [0.5, 0.6) is 0 Å². The van der Waals surface area contributed by atoms with Crippen molar-refractivity contribution in [3.63, 3.8) is 0 Å². The molecule has 5 nitrogen and oxygen atoms in total. The third-order valence-electron chi connectivity index (χ3n) is 5.67. The molecule has 1 aliphatic rings. The van der Waals surface area contributed by atoms with Gasteiger partial charge in [-0.25, -0.2) is 8.42 Å². The Kier molecular flexibility index (Phi) is 7.00. The lowest BCUT2D eigenvalue weighted by molar-refractivity contribution is -0.137. The van der Waals surface area contributed by atoms with Crippen LogP contribution in [0.4, 0.5) is 13.2 Å². The van der Waals surface area contributed by atoms with Gasteiger partial charge < -0.3 is 4.90 Å². The van der Waals surface area contributed by atoms with E-state index in [4.69, 9.17) is 0 Å². The van der Waals surface area contributed by atoms with Crippen LogP contribution in [0.2, 0.25) is 0 Å². The number of hydrogen-bond donors (Lipinski definition) is 0. The molecule has 0 saturated heterocycles. The van der Waals surface area contributed by atoms with Gasteiger partial charge in [0.1, 0.15) is 0 Å². The van der Waals surface area contributed by atoms with Gasteiger partial charge >= 0.3 is 6.18 Å². The van der Waals surface area contributed by atoms with Crippen LogP contribution in [-0.2, 0) is 22.7 Å². The van der Waals surface area contributed by atoms with E-state index in [1.54, 1.807) is 31.7 Å². The molecule has 2 aromatic carbocycles. The molecule has 0 heterocycles. The van der Waals surface area contributed by atoms with Crippen molar-refractivity contribution >= 4 is 15.9 Å². The minimum absolute atomic E-state index is 0.00719. The third kappa shape index (κ3) is 5.15. The average Bonchev–Trinajstić information content (AvgIpc) is 3.57. The molecule has 3 rings (SSSR count). The molecule has 0 radical (unpaired) electrons. The van der Waals surface area contributed by atoms with Crippen molar-refractivity contribution in [1.29, 1.82) is 0 Å². The average molecular weight is 469 g/mol. The predicted molar refractivity (Wildman–Crippen MR) is 116 cm³/mol. The molecule has 0 spiro atoms. The molecule has 32 heavy (non-hydrogen) atoms. The van der Waals surface area contributed by atoms with Crippen LogP contribution >= 0.6 is 0 Å². The van der Waals surface area contributed by atoms with E-state index in [9.17, 15) is 26.4 Å². The lowest BCUT2D eigenvalue weighted by atomic mass is 10.1. The molecule has 2 aromatic rings. The SMILES string of the molecule is CCN(CC)S(=O)(=O)c1ccc(C)c(C(=O)N(Cc2ccc(C(F)(F)F)cc2)C2CC2)c1. The lowest BCUT2D eigenvalue weighted by Crippen LogP contribution is -2.34. The van der Waals surface area contributed by atoms with Crippen molar-refractivity contribution in [1.82, 2.24) is 9.21 Å². The number of rotatable bonds is 8. The number of carbonyl (C=O) groups excluding carboxylic acids is 1. The number of benzene rings is 2. The van der Waals surface area contributed by atoms with Gasteiger partial charge in [-0.15, -0.1) is 0 Å². The normalized spacial score (nSPS) is 14.6. The van der Waals surface area contributed by atoms with Gasteiger partial charge in [-0.05, 0) is 55.2 Å². The maximum absolute atomic E-state index is 13.4. The number of aryl methyl sites for hydroxylation is 1. The highest BCUT2D eigenvalue weighted by Gasteiger charge is 2.35. The first kappa shape index (κ1) is 24.3. The Bertz CT molecular complexity index is 1070. The number of nitrogens with zero attached hydrogens (tertiary/aromatic N) is 2. The van der Waals surface area contributed by atoms with E-state index < -0.39 is 21.8 Å². The molecule has 1 saturated carbocycles. The lowest BCUT2D eigenvalue weighted by Gasteiger charge is -2.25. The Morgan fingerprint density at radius 2 is 1.62 bits per heavy atom. The number of hydrogen-bond acceptors (Lipinski definition) is 3. The summed E-state index contributed by atoms with van der Waals surface area (Å²) in [7, 11) is -3.73. The number of halogens is 3. The summed E-state index contributed by atoms with van der Waals surface area (Å²) in [5, 5.41) is 0. The Morgan fingerprint density at radius 1 is 1.03 bits per heavy atom. The van der Waals surface area contributed by atoms with E-state index in [1.807, 2.05) is 0 Å². The van der Waals surface area contributed by atoms with Crippen molar-refractivity contribution in [2.75, 3.05) is 13.1 Å². The van der Waals surface area contributed by atoms with Crippen molar-refractivity contribution in [3.05, 3.63) is 64.7 Å². The topological polar surface area (TPSA) is 57.7 Å². The molecule has 0 atom stereocenters. The summed E-state index contributed by atoms with van der Waals surface area (Å²) in [5.41, 5.74) is 0.780. The van der Waals surface area contributed by atoms with Crippen LogP contribution in [0.1, 0.15) is 53.7 Å². The number of carbonyl (C=O) groups is 1. The van der Waals surface area contributed by atoms with Gasteiger partial charge in [-0.1, -0.05) is 32.0 Å². The first-order valence-electron chi connectivity index (χ1n) is 10.6. The van der Waals surface area contributed by atoms with Crippen LogP contribution in [0.15, 0.2) is 47.4 Å². The molecule has 0 bridgehead atoms. The summed E-state index contributed by atoms with van der Waals surface area (Å²) >= 11 is 0. The fourth-order valence-electron chi connectivity index (χ4n) is 3.61. The van der Waals surface area contributed by atoms with Gasteiger partial charge in [-0.2, -0.15) is 17.5 Å². The second kappa shape index (κ2) is 9.23. The van der Waals surface area contributed by atoms with E-state index in [0.29, 0.717) is 24.2 Å². The summed E-state index contributed by atoms with van der Waals surface area (Å²) in [6.07, 6.45) is -2.80. The van der Waals surface area contributed by atoms with E-state index in [1.165, 1.54) is 28.6 Å². The molecule has 0 aliphatic heterocycles. The zero-order chi connectivity index (χ0) is 23.7. The minimum Gasteiger partial charge on any atom is -0.331 e. The van der Waals surface area contributed by atoms with Crippen molar-refractivity contribution in [3.8, 4) is 0 Å². The second-order valence-corrected chi connectivity index (χ2v) is 9.86. The zero-order valence-electron chi connectivity index (χ0n) is 18.3. The van der Waals surface area contributed by atoms with Crippen LogP contribution in [0.25, 0.3) is 0 Å². The first-order valence-corrected chi connectivity index (χ1v) is 12.0. The van der Waals surface area contributed by atoms with Crippen molar-refractivity contribution < 1.29 is 26.4 Å². The van der Waals surface area contributed by atoms with Gasteiger partial charge in [0.25, 0.3) is 5.91 Å². The van der Waals surface area contributed by atoms with Crippen LogP contribution in [-0.4, -0.2) is 42.7 Å². The highest BCUT2D eigenvalue weighted by Crippen LogP contribution is 2.33. The van der Waals surface area contributed by atoms with Gasteiger partial charge in [0.2, 0.25) is 10.0 Å². The Morgan fingerprint density at radius 3 is 2.12 bits per heavy atom. The van der Waals surface area contributed by atoms with E-state index in [2.05, 4.69) is 0 Å². The number of alkyl halides is 3. The number of sulfonamides is 1. The summed E-state index contributed by atoms with van der Waals surface area (Å²) in [5.74, 6) is -0.318. The van der Waals surface area contributed by atoms with Crippen molar-refractivity contribution in [2.24, 2.45) is 0 Å². The minimum atomic E-state index is -4.42. The first-order chi connectivity index (χ1) is 15.0. The molecule has 0 aromatic heterocycles. The summed E-state index contributed by atoms with van der Waals surface area (Å²) in [6, 6.07) is 9.28. The van der Waals surface area contributed by atoms with E-state index >= 15 is 0 Å². The molecule has 174 valence electrons. The summed E-state index contributed by atoms with van der Waals surface area (Å²) < 4.78 is 65.7. The van der Waals surface area contributed by atoms with Gasteiger partial charge in [-0.3, -0.25) is 4.79 Å². The summed E-state index contributed by atoms with van der Waals surface area (Å²) in [6.45, 7) is 6.04. The molecule has 1 amide bonds. The molecule has 0 N–H and O–H groups in total. The third-order valence-corrected chi connectivity index (χ3v) is 7.71. The van der Waals surface area contributed by atoms with Crippen LogP contribution < -0.4 is 0 Å². The van der Waals surface area contributed by atoms with Crippen LogP contribution in [0.3, 0.4) is 0 Å². The molecule has 1 fully saturated rings. The Hall–Kier alpha value is -2.39. The van der Waals surface area contributed by atoms with E-state index in [0.717, 1.165) is 25.0 Å². The predicted octanol–water partition coefficient (Wildman–Crippen LogP) is 4.85. The standard InChI is InChI=1S/C23H27F3N2O3S/c1-4-27(5-2)32(30,31)20-13-6-16(3)21(14-20)22(29)28(19-11-12-19)15-17-7-9-18(10-8-17)23(24,25)26/h6-10,13-14,19H,4-5,11-12,15H2,1-3H3. The van der Waals surface area contributed by atoms with Crippen LogP contribution in [0, 0.1) is 6.92 Å². The molecular formula is C23H27F3N2O3S. The Balaban J connectivity index is 1.90. The second-order valence-electron chi connectivity index (χ2n) is 7.92. The molecule has 9 heteroatoms. The van der Waals surface area contributed by atoms with Gasteiger partial charge in [0.15, 0.2) is 0 Å². The quantitative estimate of drug-likeness (QED) is 0.557. The molecular weight excluding hydrogens is 441 g/mol. The monoisotopic (exact) mass is 468 g/mol. The van der Waals surface area contributed by atoms with E-state index in [-0.39, 0.29) is 29.0 Å². The zero-order valence-corrected chi connectivity index (χ0v) is 19.1. The fourth-order valence-corrected chi connectivity index (χ4v) is 5.09. The van der Waals surface area contributed by atoms with Crippen molar-refractivity contribution in [2.45, 2.75) is 57.3 Å². The van der Waals surface area contributed by atoms with Gasteiger partial charge in [0.05, 0.1) is 10.5 Å². The maximum atomic E-state index is 13.4. The number of amides is 1. The highest BCUT2D eigenvalue weighted by molar-refractivity contribution is 7.89. The van der Waals surface area contributed by atoms with Gasteiger partial charge in [0, 0.05) is 31.2 Å². The smallest absolute Gasteiger partial charge is 0.331 e. The largest absolute Gasteiger partial charge is 0.416 e. The highest BCUT2D eigenvalue weighted by atomic mass is 32.2.